The maximum atomic E-state index is 6.04. The number of fused-ring (bicyclic) bond motifs is 1. The minimum atomic E-state index is 0.659. The summed E-state index contributed by atoms with van der Waals surface area (Å²) in [6.07, 6.45) is 1.69. The predicted molar refractivity (Wildman–Crippen MR) is 84.3 cm³/mol. The Hall–Kier alpha value is -2.00. The standard InChI is InChI=1S/C16H16ClN3/c1-19(11-16-18-10-15(17)20(16)2)14-9-5-7-12-6-3-4-8-13(12)14/h3-10H,11H2,1-2H3. The lowest BCUT2D eigenvalue weighted by Gasteiger charge is -2.21. The van der Waals surface area contributed by atoms with Crippen LogP contribution in [0.25, 0.3) is 10.8 Å². The van der Waals surface area contributed by atoms with Crippen LogP contribution in [0.2, 0.25) is 5.15 Å². The van der Waals surface area contributed by atoms with Gasteiger partial charge >= 0.3 is 0 Å². The second-order valence-corrected chi connectivity index (χ2v) is 5.30. The number of anilines is 1. The van der Waals surface area contributed by atoms with Gasteiger partial charge in [-0.2, -0.15) is 0 Å². The zero-order valence-corrected chi connectivity index (χ0v) is 12.3. The molecular formula is C16H16ClN3. The van der Waals surface area contributed by atoms with E-state index in [-0.39, 0.29) is 0 Å². The molecule has 3 rings (SSSR count). The summed E-state index contributed by atoms with van der Waals surface area (Å²) >= 11 is 6.04. The molecule has 2 aromatic carbocycles. The molecule has 0 fully saturated rings. The quantitative estimate of drug-likeness (QED) is 0.728. The topological polar surface area (TPSA) is 21.1 Å². The minimum absolute atomic E-state index is 0.659. The molecule has 3 nitrogen and oxygen atoms in total. The Bertz CT molecular complexity index is 743. The number of rotatable bonds is 3. The third-order valence-electron chi connectivity index (χ3n) is 3.58. The van der Waals surface area contributed by atoms with Crippen LogP contribution in [-0.4, -0.2) is 16.6 Å². The number of imidazole rings is 1. The van der Waals surface area contributed by atoms with Crippen molar-refractivity contribution in [2.45, 2.75) is 6.54 Å². The third-order valence-corrected chi connectivity index (χ3v) is 3.94. The molecule has 0 unspecified atom stereocenters. The highest BCUT2D eigenvalue weighted by Crippen LogP contribution is 2.26. The molecule has 0 spiro atoms. The van der Waals surface area contributed by atoms with Gasteiger partial charge in [0.05, 0.1) is 12.7 Å². The van der Waals surface area contributed by atoms with Crippen molar-refractivity contribution in [1.29, 1.82) is 0 Å². The largest absolute Gasteiger partial charge is 0.367 e. The van der Waals surface area contributed by atoms with Crippen molar-refractivity contribution >= 4 is 28.1 Å². The molecular weight excluding hydrogens is 270 g/mol. The van der Waals surface area contributed by atoms with Gasteiger partial charge < -0.3 is 9.47 Å². The lowest BCUT2D eigenvalue weighted by atomic mass is 10.1. The van der Waals surface area contributed by atoms with E-state index in [0.29, 0.717) is 5.15 Å². The van der Waals surface area contributed by atoms with Crippen molar-refractivity contribution in [1.82, 2.24) is 9.55 Å². The fourth-order valence-corrected chi connectivity index (χ4v) is 2.56. The van der Waals surface area contributed by atoms with Crippen LogP contribution in [-0.2, 0) is 13.6 Å². The number of hydrogen-bond acceptors (Lipinski definition) is 2. The van der Waals surface area contributed by atoms with Gasteiger partial charge in [0.1, 0.15) is 11.0 Å². The number of halogens is 1. The van der Waals surface area contributed by atoms with Crippen LogP contribution in [0.5, 0.6) is 0 Å². The van der Waals surface area contributed by atoms with Crippen LogP contribution in [0.1, 0.15) is 5.82 Å². The summed E-state index contributed by atoms with van der Waals surface area (Å²) in [6.45, 7) is 0.719. The molecule has 0 atom stereocenters. The highest BCUT2D eigenvalue weighted by atomic mass is 35.5. The Morgan fingerprint density at radius 1 is 1.15 bits per heavy atom. The van der Waals surface area contributed by atoms with E-state index in [1.165, 1.54) is 16.5 Å². The summed E-state index contributed by atoms with van der Waals surface area (Å²) in [5.41, 5.74) is 1.20. The highest BCUT2D eigenvalue weighted by Gasteiger charge is 2.10. The van der Waals surface area contributed by atoms with Crippen molar-refractivity contribution < 1.29 is 0 Å². The van der Waals surface area contributed by atoms with Crippen molar-refractivity contribution in [3.63, 3.8) is 0 Å². The van der Waals surface area contributed by atoms with Crippen molar-refractivity contribution in [3.8, 4) is 0 Å². The molecule has 102 valence electrons. The van der Waals surface area contributed by atoms with Crippen LogP contribution in [0.15, 0.2) is 48.7 Å². The molecule has 0 amide bonds. The van der Waals surface area contributed by atoms with Crippen molar-refractivity contribution in [3.05, 3.63) is 59.6 Å². The molecule has 1 aromatic heterocycles. The van der Waals surface area contributed by atoms with Crippen LogP contribution in [0.4, 0.5) is 5.69 Å². The second-order valence-electron chi connectivity index (χ2n) is 4.91. The van der Waals surface area contributed by atoms with Gasteiger partial charge in [0.25, 0.3) is 0 Å². The molecule has 1 heterocycles. The molecule has 3 aromatic rings. The molecule has 0 saturated carbocycles. The first-order valence-electron chi connectivity index (χ1n) is 6.52. The first-order valence-corrected chi connectivity index (χ1v) is 6.89. The molecule has 0 bridgehead atoms. The molecule has 0 aliphatic carbocycles. The minimum Gasteiger partial charge on any atom is -0.367 e. The lowest BCUT2D eigenvalue weighted by molar-refractivity contribution is 0.763. The van der Waals surface area contributed by atoms with Gasteiger partial charge in [-0.15, -0.1) is 0 Å². The molecule has 0 N–H and O–H groups in total. The second kappa shape index (κ2) is 5.17. The van der Waals surface area contributed by atoms with Gasteiger partial charge in [-0.3, -0.25) is 0 Å². The Labute approximate surface area is 123 Å². The zero-order chi connectivity index (χ0) is 14.1. The van der Waals surface area contributed by atoms with Gasteiger partial charge in [-0.25, -0.2) is 4.98 Å². The maximum Gasteiger partial charge on any atom is 0.129 e. The zero-order valence-electron chi connectivity index (χ0n) is 11.5. The van der Waals surface area contributed by atoms with Crippen LogP contribution < -0.4 is 4.90 Å². The van der Waals surface area contributed by atoms with Gasteiger partial charge in [0.15, 0.2) is 0 Å². The van der Waals surface area contributed by atoms with E-state index in [9.17, 15) is 0 Å². The fourth-order valence-electron chi connectivity index (χ4n) is 2.41. The molecule has 0 saturated heterocycles. The summed E-state index contributed by atoms with van der Waals surface area (Å²) < 4.78 is 1.91. The molecule has 20 heavy (non-hydrogen) atoms. The van der Waals surface area contributed by atoms with Gasteiger partial charge in [-0.05, 0) is 11.5 Å². The summed E-state index contributed by atoms with van der Waals surface area (Å²) in [5.74, 6) is 0.949. The molecule has 0 radical (unpaired) electrons. The van der Waals surface area contributed by atoms with E-state index in [4.69, 9.17) is 11.6 Å². The third kappa shape index (κ3) is 2.25. The van der Waals surface area contributed by atoms with Crippen LogP contribution in [0.3, 0.4) is 0 Å². The number of hydrogen-bond donors (Lipinski definition) is 0. The monoisotopic (exact) mass is 285 g/mol. The average molecular weight is 286 g/mol. The van der Waals surface area contributed by atoms with Gasteiger partial charge in [-0.1, -0.05) is 48.0 Å². The summed E-state index contributed by atoms with van der Waals surface area (Å²) in [5, 5.41) is 3.15. The maximum absolute atomic E-state index is 6.04. The number of aromatic nitrogens is 2. The average Bonchev–Trinajstić information content (AvgIpc) is 2.78. The summed E-state index contributed by atoms with van der Waals surface area (Å²) in [4.78, 5) is 6.55. The van der Waals surface area contributed by atoms with Crippen LogP contribution in [0, 0.1) is 0 Å². The lowest BCUT2D eigenvalue weighted by Crippen LogP contribution is -2.19. The van der Waals surface area contributed by atoms with E-state index in [2.05, 4.69) is 59.4 Å². The van der Waals surface area contributed by atoms with E-state index in [0.717, 1.165) is 12.4 Å². The van der Waals surface area contributed by atoms with Gasteiger partial charge in [0.2, 0.25) is 0 Å². The first-order chi connectivity index (χ1) is 9.66. The Kier molecular flexibility index (Phi) is 3.36. The van der Waals surface area contributed by atoms with E-state index >= 15 is 0 Å². The van der Waals surface area contributed by atoms with Crippen molar-refractivity contribution in [2.75, 3.05) is 11.9 Å². The fraction of sp³-hybridized carbons (Fsp3) is 0.188. The number of nitrogens with zero attached hydrogens (tertiary/aromatic N) is 3. The summed E-state index contributed by atoms with van der Waals surface area (Å²) in [7, 11) is 4.01. The highest BCUT2D eigenvalue weighted by molar-refractivity contribution is 6.29. The summed E-state index contributed by atoms with van der Waals surface area (Å²) in [6, 6.07) is 14.7. The molecule has 4 heteroatoms. The Morgan fingerprint density at radius 2 is 1.90 bits per heavy atom. The van der Waals surface area contributed by atoms with E-state index in [1.807, 2.05) is 11.6 Å². The molecule has 0 aliphatic rings. The Morgan fingerprint density at radius 3 is 2.65 bits per heavy atom. The van der Waals surface area contributed by atoms with E-state index < -0.39 is 0 Å². The Balaban J connectivity index is 1.97. The SMILES string of the molecule is CN(Cc1ncc(Cl)n1C)c1cccc2ccccc12. The molecule has 0 aliphatic heterocycles. The normalized spacial score (nSPS) is 10.9. The predicted octanol–water partition coefficient (Wildman–Crippen LogP) is 3.86. The van der Waals surface area contributed by atoms with Crippen molar-refractivity contribution in [2.24, 2.45) is 7.05 Å². The smallest absolute Gasteiger partial charge is 0.129 e. The van der Waals surface area contributed by atoms with Gasteiger partial charge in [0, 0.05) is 25.2 Å². The van der Waals surface area contributed by atoms with Crippen LogP contribution >= 0.6 is 11.6 Å². The number of benzene rings is 2. The first kappa shape index (κ1) is 13.0. The van der Waals surface area contributed by atoms with E-state index in [1.54, 1.807) is 6.20 Å².